The van der Waals surface area contributed by atoms with Gasteiger partial charge in [-0.25, -0.2) is 4.98 Å². The molecule has 1 aliphatic rings. The number of hydrogen-bond donors (Lipinski definition) is 1. The first-order chi connectivity index (χ1) is 13.2. The highest BCUT2D eigenvalue weighted by Crippen LogP contribution is 2.49. The SMILES string of the molecule is O=C(Nc1cccc(CSc2ccccn2)c1)C1(c2cccc(Cl)c2)CC1. The second-order valence-electron chi connectivity index (χ2n) is 6.70. The number of aromatic nitrogens is 1. The molecule has 1 N–H and O–H groups in total. The molecule has 0 spiro atoms. The van der Waals surface area contributed by atoms with Gasteiger partial charge in [0.25, 0.3) is 0 Å². The number of carbonyl (C=O) groups excluding carboxylic acids is 1. The number of hydrogen-bond acceptors (Lipinski definition) is 3. The number of nitrogens with zero attached hydrogens (tertiary/aromatic N) is 1. The molecule has 0 unspecified atom stereocenters. The van der Waals surface area contributed by atoms with Crippen LogP contribution in [0.5, 0.6) is 0 Å². The highest BCUT2D eigenvalue weighted by Gasteiger charge is 2.51. The van der Waals surface area contributed by atoms with Crippen LogP contribution in [0, 0.1) is 0 Å². The summed E-state index contributed by atoms with van der Waals surface area (Å²) in [6.45, 7) is 0. The summed E-state index contributed by atoms with van der Waals surface area (Å²) in [6, 6.07) is 21.5. The molecule has 1 saturated carbocycles. The lowest BCUT2D eigenvalue weighted by atomic mass is 9.95. The van der Waals surface area contributed by atoms with Gasteiger partial charge < -0.3 is 5.32 Å². The Balaban J connectivity index is 1.44. The van der Waals surface area contributed by atoms with E-state index in [0.29, 0.717) is 5.02 Å². The van der Waals surface area contributed by atoms with Gasteiger partial charge in [0.1, 0.15) is 0 Å². The average Bonchev–Trinajstić information content (AvgIpc) is 3.50. The predicted molar refractivity (Wildman–Crippen MR) is 111 cm³/mol. The minimum absolute atomic E-state index is 0.0410. The minimum atomic E-state index is -0.441. The summed E-state index contributed by atoms with van der Waals surface area (Å²) in [5.74, 6) is 0.847. The zero-order valence-electron chi connectivity index (χ0n) is 14.7. The summed E-state index contributed by atoms with van der Waals surface area (Å²) < 4.78 is 0. The van der Waals surface area contributed by atoms with Crippen molar-refractivity contribution >= 4 is 35.0 Å². The summed E-state index contributed by atoms with van der Waals surface area (Å²) in [5, 5.41) is 4.75. The predicted octanol–water partition coefficient (Wildman–Crippen LogP) is 5.70. The molecule has 3 nitrogen and oxygen atoms in total. The molecule has 2 aromatic carbocycles. The molecule has 0 atom stereocenters. The van der Waals surface area contributed by atoms with Crippen LogP contribution in [0.15, 0.2) is 78.0 Å². The van der Waals surface area contributed by atoms with Crippen molar-refractivity contribution in [1.29, 1.82) is 0 Å². The van der Waals surface area contributed by atoms with Crippen molar-refractivity contribution < 1.29 is 4.79 Å². The van der Waals surface area contributed by atoms with E-state index in [9.17, 15) is 4.79 Å². The maximum absolute atomic E-state index is 12.9. The smallest absolute Gasteiger partial charge is 0.235 e. The van der Waals surface area contributed by atoms with E-state index in [0.717, 1.165) is 40.4 Å². The lowest BCUT2D eigenvalue weighted by molar-refractivity contribution is -0.118. The molecule has 27 heavy (non-hydrogen) atoms. The van der Waals surface area contributed by atoms with Gasteiger partial charge in [-0.05, 0) is 60.4 Å². The molecule has 0 aliphatic heterocycles. The maximum Gasteiger partial charge on any atom is 0.235 e. The van der Waals surface area contributed by atoms with Crippen LogP contribution in [0.4, 0.5) is 5.69 Å². The summed E-state index contributed by atoms with van der Waals surface area (Å²) in [4.78, 5) is 17.3. The molecular weight excluding hydrogens is 376 g/mol. The maximum atomic E-state index is 12.9. The molecular formula is C22H19ClN2OS. The van der Waals surface area contributed by atoms with E-state index >= 15 is 0 Å². The molecule has 0 radical (unpaired) electrons. The molecule has 0 saturated heterocycles. The molecule has 3 aromatic rings. The van der Waals surface area contributed by atoms with E-state index < -0.39 is 5.41 Å². The number of nitrogens with one attached hydrogen (secondary N) is 1. The Kier molecular flexibility index (Phi) is 5.19. The second-order valence-corrected chi connectivity index (χ2v) is 8.14. The number of benzene rings is 2. The van der Waals surface area contributed by atoms with Gasteiger partial charge in [0.05, 0.1) is 10.4 Å². The standard InChI is InChI=1S/C22H19ClN2OS/c23-18-7-4-6-17(14-18)22(10-11-22)21(26)25-19-8-3-5-16(13-19)15-27-20-9-1-2-12-24-20/h1-9,12-14H,10-11,15H2,(H,25,26). The zero-order chi connectivity index (χ0) is 18.7. The molecule has 1 heterocycles. The van der Waals surface area contributed by atoms with Crippen LogP contribution >= 0.6 is 23.4 Å². The van der Waals surface area contributed by atoms with Crippen LogP contribution in [0.2, 0.25) is 5.02 Å². The summed E-state index contributed by atoms with van der Waals surface area (Å²) >= 11 is 7.79. The topological polar surface area (TPSA) is 42.0 Å². The van der Waals surface area contributed by atoms with Crippen LogP contribution in [0.3, 0.4) is 0 Å². The average molecular weight is 395 g/mol. The van der Waals surface area contributed by atoms with Crippen LogP contribution in [0.1, 0.15) is 24.0 Å². The number of carbonyl (C=O) groups is 1. The Labute approximate surface area is 168 Å². The third-order valence-electron chi connectivity index (χ3n) is 4.77. The Hall–Kier alpha value is -2.30. The van der Waals surface area contributed by atoms with Crippen LogP contribution in [0.25, 0.3) is 0 Å². The third-order valence-corrected chi connectivity index (χ3v) is 6.02. The number of amides is 1. The fraction of sp³-hybridized carbons (Fsp3) is 0.182. The quantitative estimate of drug-likeness (QED) is 0.545. The first kappa shape index (κ1) is 18.1. The van der Waals surface area contributed by atoms with Gasteiger partial charge in [0.15, 0.2) is 0 Å². The van der Waals surface area contributed by atoms with Gasteiger partial charge in [-0.2, -0.15) is 0 Å². The van der Waals surface area contributed by atoms with Gasteiger partial charge in [-0.15, -0.1) is 11.8 Å². The van der Waals surface area contributed by atoms with Gasteiger partial charge in [0.2, 0.25) is 5.91 Å². The molecule has 0 bridgehead atoms. The highest BCUT2D eigenvalue weighted by atomic mass is 35.5. The number of pyridine rings is 1. The summed E-state index contributed by atoms with van der Waals surface area (Å²) in [6.07, 6.45) is 3.51. The number of rotatable bonds is 6. The van der Waals surface area contributed by atoms with Crippen molar-refractivity contribution in [3.05, 3.63) is 89.1 Å². The molecule has 136 valence electrons. The van der Waals surface area contributed by atoms with E-state index in [4.69, 9.17) is 11.6 Å². The monoisotopic (exact) mass is 394 g/mol. The number of thioether (sulfide) groups is 1. The van der Waals surface area contributed by atoms with E-state index in [2.05, 4.69) is 16.4 Å². The minimum Gasteiger partial charge on any atom is -0.325 e. The molecule has 1 aliphatic carbocycles. The lowest BCUT2D eigenvalue weighted by Crippen LogP contribution is -2.27. The van der Waals surface area contributed by atoms with Crippen LogP contribution < -0.4 is 5.32 Å². The largest absolute Gasteiger partial charge is 0.325 e. The summed E-state index contributed by atoms with van der Waals surface area (Å²) in [7, 11) is 0. The van der Waals surface area contributed by atoms with E-state index in [1.807, 2.05) is 60.7 Å². The van der Waals surface area contributed by atoms with E-state index in [-0.39, 0.29) is 5.91 Å². The number of anilines is 1. The first-order valence-electron chi connectivity index (χ1n) is 8.86. The molecule has 1 aromatic heterocycles. The molecule has 1 amide bonds. The van der Waals surface area contributed by atoms with Crippen molar-refractivity contribution in [1.82, 2.24) is 4.98 Å². The van der Waals surface area contributed by atoms with Crippen molar-refractivity contribution in [3.63, 3.8) is 0 Å². The van der Waals surface area contributed by atoms with Gasteiger partial charge >= 0.3 is 0 Å². The molecule has 1 fully saturated rings. The first-order valence-corrected chi connectivity index (χ1v) is 10.2. The molecule has 5 heteroatoms. The van der Waals surface area contributed by atoms with Gasteiger partial charge in [0, 0.05) is 22.7 Å². The second kappa shape index (κ2) is 7.75. The van der Waals surface area contributed by atoms with Crippen molar-refractivity contribution in [2.45, 2.75) is 29.0 Å². The van der Waals surface area contributed by atoms with Crippen LogP contribution in [-0.2, 0) is 16.0 Å². The highest BCUT2D eigenvalue weighted by molar-refractivity contribution is 7.98. The summed E-state index contributed by atoms with van der Waals surface area (Å²) in [5.41, 5.74) is 2.53. The third kappa shape index (κ3) is 4.18. The van der Waals surface area contributed by atoms with Crippen molar-refractivity contribution in [3.8, 4) is 0 Å². The van der Waals surface area contributed by atoms with Gasteiger partial charge in [-0.1, -0.05) is 41.9 Å². The fourth-order valence-electron chi connectivity index (χ4n) is 3.14. The van der Waals surface area contributed by atoms with E-state index in [1.54, 1.807) is 18.0 Å². The van der Waals surface area contributed by atoms with Gasteiger partial charge in [-0.3, -0.25) is 4.79 Å². The number of halogens is 1. The van der Waals surface area contributed by atoms with Crippen molar-refractivity contribution in [2.75, 3.05) is 5.32 Å². The zero-order valence-corrected chi connectivity index (χ0v) is 16.3. The van der Waals surface area contributed by atoms with E-state index in [1.165, 1.54) is 0 Å². The fourth-order valence-corrected chi connectivity index (χ4v) is 4.13. The normalized spacial score (nSPS) is 14.6. The Bertz CT molecular complexity index is 957. The Morgan fingerprint density at radius 2 is 1.93 bits per heavy atom. The Morgan fingerprint density at radius 1 is 1.07 bits per heavy atom. The lowest BCUT2D eigenvalue weighted by Gasteiger charge is -2.16. The molecule has 4 rings (SSSR count). The Morgan fingerprint density at radius 3 is 2.67 bits per heavy atom. The van der Waals surface area contributed by atoms with Crippen LogP contribution in [-0.4, -0.2) is 10.9 Å². The van der Waals surface area contributed by atoms with Crippen molar-refractivity contribution in [2.24, 2.45) is 0 Å².